The van der Waals surface area contributed by atoms with Crippen molar-refractivity contribution < 1.29 is 32.2 Å². The number of carbonyl (C=O) groups is 2. The molecule has 0 aliphatic carbocycles. The average molecular weight is 536 g/mol. The fraction of sp³-hybridized carbons (Fsp3) is 0.190. The van der Waals surface area contributed by atoms with E-state index >= 15 is 0 Å². The normalized spacial score (nSPS) is 15.3. The number of benzene rings is 2. The van der Waals surface area contributed by atoms with Crippen molar-refractivity contribution in [3.05, 3.63) is 62.5 Å². The lowest BCUT2D eigenvalue weighted by atomic mass is 10.1. The number of carbonyl (C=O) groups excluding carboxylic acids is 2. The first kappa shape index (κ1) is 25.4. The van der Waals surface area contributed by atoms with Gasteiger partial charge in [-0.25, -0.2) is 4.79 Å². The fourth-order valence-electron chi connectivity index (χ4n) is 2.80. The number of amides is 1. The van der Waals surface area contributed by atoms with Crippen molar-refractivity contribution in [3.63, 3.8) is 0 Å². The van der Waals surface area contributed by atoms with Crippen LogP contribution in [0.2, 0.25) is 10.0 Å². The van der Waals surface area contributed by atoms with Gasteiger partial charge in [0.05, 0.1) is 32.8 Å². The maximum absolute atomic E-state index is 13.0. The van der Waals surface area contributed by atoms with E-state index in [1.807, 2.05) is 0 Å². The molecule has 1 heterocycles. The van der Waals surface area contributed by atoms with E-state index in [0.29, 0.717) is 5.56 Å². The van der Waals surface area contributed by atoms with Gasteiger partial charge < -0.3 is 9.47 Å². The van der Waals surface area contributed by atoms with Gasteiger partial charge in [0, 0.05) is 0 Å². The number of hydrogen-bond donors (Lipinski definition) is 0. The molecule has 5 nitrogen and oxygen atoms in total. The number of alkyl halides is 3. The molecule has 1 saturated heterocycles. The molecule has 0 spiro atoms. The summed E-state index contributed by atoms with van der Waals surface area (Å²) in [4.78, 5) is 25.5. The number of rotatable bonds is 6. The zero-order chi connectivity index (χ0) is 24.3. The Bertz CT molecular complexity index is 1130. The van der Waals surface area contributed by atoms with Crippen LogP contribution in [0, 0.1) is 0 Å². The first-order valence-electron chi connectivity index (χ1n) is 9.24. The molecular formula is C21H14Cl2F3NO4S2. The van der Waals surface area contributed by atoms with Crippen LogP contribution in [0.3, 0.4) is 0 Å². The highest BCUT2D eigenvalue weighted by molar-refractivity contribution is 8.27. The van der Waals surface area contributed by atoms with Crippen LogP contribution in [0.25, 0.3) is 6.08 Å². The lowest BCUT2D eigenvalue weighted by Gasteiger charge is -2.16. The number of ether oxygens (including phenoxy) is 2. The fourth-order valence-corrected chi connectivity index (χ4v) is 4.71. The Hall–Kier alpha value is -2.27. The van der Waals surface area contributed by atoms with Gasteiger partial charge in [-0.05, 0) is 48.9 Å². The van der Waals surface area contributed by atoms with E-state index in [0.717, 1.165) is 28.8 Å². The molecule has 2 aromatic rings. The van der Waals surface area contributed by atoms with Gasteiger partial charge in [-0.15, -0.1) is 0 Å². The first-order chi connectivity index (χ1) is 15.5. The van der Waals surface area contributed by atoms with Crippen LogP contribution >= 0.6 is 47.2 Å². The third-order valence-corrected chi connectivity index (χ3v) is 6.05. The van der Waals surface area contributed by atoms with Gasteiger partial charge in [0.15, 0.2) is 16.7 Å². The smallest absolute Gasteiger partial charge is 0.416 e. The molecule has 0 bridgehead atoms. The summed E-state index contributed by atoms with van der Waals surface area (Å²) >= 11 is 18.6. The van der Waals surface area contributed by atoms with Crippen LogP contribution < -0.4 is 9.64 Å². The summed E-state index contributed by atoms with van der Waals surface area (Å²) in [5, 5.41) is 0.179. The number of anilines is 1. The quantitative estimate of drug-likeness (QED) is 0.243. The highest BCUT2D eigenvalue weighted by atomic mass is 35.5. The first-order valence-corrected chi connectivity index (χ1v) is 11.2. The number of thioether (sulfide) groups is 1. The molecule has 0 atom stereocenters. The largest absolute Gasteiger partial charge is 0.479 e. The molecule has 12 heteroatoms. The molecular weight excluding hydrogens is 522 g/mol. The van der Waals surface area contributed by atoms with Crippen molar-refractivity contribution in [2.75, 3.05) is 18.1 Å². The van der Waals surface area contributed by atoms with Crippen LogP contribution in [0.5, 0.6) is 5.75 Å². The van der Waals surface area contributed by atoms with Gasteiger partial charge in [-0.3, -0.25) is 9.69 Å². The van der Waals surface area contributed by atoms with Gasteiger partial charge >= 0.3 is 12.1 Å². The number of thiocarbonyl (C=S) groups is 1. The Morgan fingerprint density at radius 2 is 1.88 bits per heavy atom. The maximum Gasteiger partial charge on any atom is 0.416 e. The number of nitrogens with zero attached hydrogens (tertiary/aromatic N) is 1. The molecule has 2 aromatic carbocycles. The van der Waals surface area contributed by atoms with E-state index in [2.05, 4.69) is 0 Å². The predicted molar refractivity (Wildman–Crippen MR) is 126 cm³/mol. The van der Waals surface area contributed by atoms with E-state index in [1.54, 1.807) is 6.92 Å². The zero-order valence-electron chi connectivity index (χ0n) is 16.7. The maximum atomic E-state index is 13.0. The minimum Gasteiger partial charge on any atom is -0.479 e. The van der Waals surface area contributed by atoms with Gasteiger partial charge in [0.1, 0.15) is 0 Å². The molecule has 1 fully saturated rings. The Morgan fingerprint density at radius 1 is 1.21 bits per heavy atom. The van der Waals surface area contributed by atoms with E-state index in [9.17, 15) is 22.8 Å². The second kappa shape index (κ2) is 10.3. The Labute approximate surface area is 206 Å². The van der Waals surface area contributed by atoms with E-state index in [-0.39, 0.29) is 43.9 Å². The van der Waals surface area contributed by atoms with Gasteiger partial charge in [-0.2, -0.15) is 13.2 Å². The molecule has 0 radical (unpaired) electrons. The Morgan fingerprint density at radius 3 is 2.48 bits per heavy atom. The van der Waals surface area contributed by atoms with Crippen molar-refractivity contribution >= 4 is 75.1 Å². The summed E-state index contributed by atoms with van der Waals surface area (Å²) in [6.07, 6.45) is -3.10. The van der Waals surface area contributed by atoms with Gasteiger partial charge in [-0.1, -0.05) is 53.2 Å². The minimum atomic E-state index is -4.56. The molecule has 0 N–H and O–H groups in total. The molecule has 33 heavy (non-hydrogen) atoms. The molecule has 0 aromatic heterocycles. The van der Waals surface area contributed by atoms with Crippen molar-refractivity contribution in [2.45, 2.75) is 13.1 Å². The molecule has 1 aliphatic rings. The van der Waals surface area contributed by atoms with Crippen molar-refractivity contribution in [1.29, 1.82) is 0 Å². The molecule has 1 aliphatic heterocycles. The standard InChI is InChI=1S/C21H14Cl2F3NO4S2/c1-2-30-17(28)10-31-18-14(22)6-11(7-15(18)23)8-16-19(29)27(20(32)33-16)13-5-3-4-12(9-13)21(24,25)26/h3-9H,2,10H2,1H3/b16-8+. The topological polar surface area (TPSA) is 55.8 Å². The summed E-state index contributed by atoms with van der Waals surface area (Å²) in [5.74, 6) is -1.11. The number of halogens is 5. The van der Waals surface area contributed by atoms with Crippen LogP contribution in [0.15, 0.2) is 41.3 Å². The van der Waals surface area contributed by atoms with Crippen LogP contribution in [0.4, 0.5) is 18.9 Å². The second-order valence-corrected chi connectivity index (χ2v) is 8.96. The summed E-state index contributed by atoms with van der Waals surface area (Å²) in [6, 6.07) is 7.26. The van der Waals surface area contributed by atoms with Crippen molar-refractivity contribution in [3.8, 4) is 5.75 Å². The minimum absolute atomic E-state index is 0.00880. The lowest BCUT2D eigenvalue weighted by Crippen LogP contribution is -2.27. The highest BCUT2D eigenvalue weighted by Crippen LogP contribution is 2.40. The van der Waals surface area contributed by atoms with E-state index < -0.39 is 23.6 Å². The van der Waals surface area contributed by atoms with Crippen molar-refractivity contribution in [2.24, 2.45) is 0 Å². The number of hydrogen-bond acceptors (Lipinski definition) is 6. The van der Waals surface area contributed by atoms with Crippen LogP contribution in [0.1, 0.15) is 18.1 Å². The van der Waals surface area contributed by atoms with Crippen LogP contribution in [-0.2, 0) is 20.5 Å². The SMILES string of the molecule is CCOC(=O)COc1c(Cl)cc(/C=C2/SC(=S)N(c3cccc(C(F)(F)F)c3)C2=O)cc1Cl. The lowest BCUT2D eigenvalue weighted by molar-refractivity contribution is -0.145. The predicted octanol–water partition coefficient (Wildman–Crippen LogP) is 6.36. The summed E-state index contributed by atoms with van der Waals surface area (Å²) in [7, 11) is 0. The summed E-state index contributed by atoms with van der Waals surface area (Å²) in [6.45, 7) is 1.46. The third-order valence-electron chi connectivity index (χ3n) is 4.18. The Balaban J connectivity index is 1.84. The van der Waals surface area contributed by atoms with Gasteiger partial charge in [0.25, 0.3) is 5.91 Å². The zero-order valence-corrected chi connectivity index (χ0v) is 19.9. The average Bonchev–Trinajstić information content (AvgIpc) is 3.00. The third kappa shape index (κ3) is 6.00. The van der Waals surface area contributed by atoms with E-state index in [4.69, 9.17) is 44.9 Å². The molecule has 0 saturated carbocycles. The van der Waals surface area contributed by atoms with Gasteiger partial charge in [0.2, 0.25) is 0 Å². The van der Waals surface area contributed by atoms with Crippen LogP contribution in [-0.4, -0.2) is 29.4 Å². The summed E-state index contributed by atoms with van der Waals surface area (Å²) in [5.41, 5.74) is -0.456. The second-order valence-electron chi connectivity index (χ2n) is 6.47. The molecule has 0 unspecified atom stereocenters. The molecule has 3 rings (SSSR count). The van der Waals surface area contributed by atoms with Crippen molar-refractivity contribution in [1.82, 2.24) is 0 Å². The molecule has 174 valence electrons. The monoisotopic (exact) mass is 535 g/mol. The van der Waals surface area contributed by atoms with E-state index in [1.165, 1.54) is 30.3 Å². The number of esters is 1. The summed E-state index contributed by atoms with van der Waals surface area (Å²) < 4.78 is 49.3. The Kier molecular flexibility index (Phi) is 7.94. The molecule has 1 amide bonds. The highest BCUT2D eigenvalue weighted by Gasteiger charge is 2.36.